The third-order valence-electron chi connectivity index (χ3n) is 12.0. The highest BCUT2D eigenvalue weighted by molar-refractivity contribution is 5.88. The van der Waals surface area contributed by atoms with E-state index >= 15 is 0 Å². The van der Waals surface area contributed by atoms with Crippen molar-refractivity contribution in [2.24, 2.45) is 34.7 Å². The van der Waals surface area contributed by atoms with Gasteiger partial charge in [-0.15, -0.1) is 0 Å². The SMILES string of the molecule is CCC1OC(=O)[C@@H](C)C(OC2OC[C@](C)(OC)[C@H](O)[C@H]2C)C(C)C(OC2O[C@@H](C)C[C@@H](N(C)C)[C@@H]2O)[C@@](C)(O)C[C@@H](C)/C(=N/O)C(C)C(O)C1(C)O. The average molecular weight is 749 g/mol. The maximum atomic E-state index is 14.1. The molecule has 304 valence electrons. The maximum absolute atomic E-state index is 14.1. The van der Waals surface area contributed by atoms with Crippen molar-refractivity contribution in [1.29, 1.82) is 0 Å². The number of nitrogens with zero attached hydrogens (tertiary/aromatic N) is 2. The van der Waals surface area contributed by atoms with Crippen LogP contribution < -0.4 is 0 Å². The normalized spacial score (nSPS) is 49.8. The molecule has 15 heteroatoms. The van der Waals surface area contributed by atoms with E-state index in [4.69, 9.17) is 28.4 Å². The molecule has 0 radical (unpaired) electrons. The van der Waals surface area contributed by atoms with Gasteiger partial charge in [0.05, 0.1) is 54.4 Å². The smallest absolute Gasteiger partial charge is 0.311 e. The third kappa shape index (κ3) is 9.30. The van der Waals surface area contributed by atoms with E-state index in [-0.39, 0.29) is 37.3 Å². The molecule has 0 amide bonds. The Labute approximate surface area is 309 Å². The molecule has 3 saturated heterocycles. The fraction of sp³-hybridized carbons (Fsp3) is 0.946. The van der Waals surface area contributed by atoms with Gasteiger partial charge in [0.25, 0.3) is 0 Å². The van der Waals surface area contributed by atoms with Crippen LogP contribution in [-0.2, 0) is 33.2 Å². The van der Waals surface area contributed by atoms with Gasteiger partial charge in [-0.1, -0.05) is 39.8 Å². The van der Waals surface area contributed by atoms with Crippen molar-refractivity contribution in [3.8, 4) is 0 Å². The van der Waals surface area contributed by atoms with Crippen molar-refractivity contribution < 1.29 is 64.0 Å². The number of hydrogen-bond donors (Lipinski definition) is 6. The van der Waals surface area contributed by atoms with Crippen LogP contribution in [-0.4, -0.2) is 153 Å². The predicted octanol–water partition coefficient (Wildman–Crippen LogP) is 1.90. The van der Waals surface area contributed by atoms with Crippen LogP contribution in [0.5, 0.6) is 0 Å². The van der Waals surface area contributed by atoms with E-state index in [9.17, 15) is 35.5 Å². The van der Waals surface area contributed by atoms with Crippen LogP contribution in [0.3, 0.4) is 0 Å². The molecule has 0 bridgehead atoms. The number of oxime groups is 1. The number of aliphatic hydroxyl groups excluding tert-OH is 3. The van der Waals surface area contributed by atoms with Crippen LogP contribution in [0.25, 0.3) is 0 Å². The van der Waals surface area contributed by atoms with Gasteiger partial charge in [-0.05, 0) is 68.0 Å². The Morgan fingerprint density at radius 2 is 1.54 bits per heavy atom. The second kappa shape index (κ2) is 17.5. The zero-order valence-electron chi connectivity index (χ0n) is 33.4. The summed E-state index contributed by atoms with van der Waals surface area (Å²) in [5.41, 5.74) is -4.65. The van der Waals surface area contributed by atoms with Crippen molar-refractivity contribution in [2.75, 3.05) is 27.8 Å². The molecule has 18 atom stereocenters. The zero-order valence-corrected chi connectivity index (χ0v) is 33.4. The Bertz CT molecular complexity index is 1200. The quantitative estimate of drug-likeness (QED) is 0.125. The first kappa shape index (κ1) is 44.9. The van der Waals surface area contributed by atoms with E-state index in [2.05, 4.69) is 5.16 Å². The number of rotatable bonds is 7. The number of cyclic esters (lactones) is 1. The summed E-state index contributed by atoms with van der Waals surface area (Å²) in [7, 11) is 5.18. The number of ether oxygens (including phenoxy) is 6. The fourth-order valence-corrected chi connectivity index (χ4v) is 8.53. The lowest BCUT2D eigenvalue weighted by molar-refractivity contribution is -0.319. The molecule has 0 aromatic carbocycles. The van der Waals surface area contributed by atoms with Crippen LogP contribution in [0.1, 0.15) is 88.5 Å². The molecular formula is C37H68N2O13. The van der Waals surface area contributed by atoms with E-state index in [1.165, 1.54) is 14.0 Å². The summed E-state index contributed by atoms with van der Waals surface area (Å²) < 4.78 is 37.1. The van der Waals surface area contributed by atoms with Gasteiger partial charge in [-0.25, -0.2) is 0 Å². The van der Waals surface area contributed by atoms with Gasteiger partial charge in [-0.2, -0.15) is 0 Å². The summed E-state index contributed by atoms with van der Waals surface area (Å²) in [6, 6.07) is -0.324. The largest absolute Gasteiger partial charge is 0.459 e. The number of likely N-dealkylation sites (N-methyl/N-ethyl adjacent to an activating group) is 1. The highest BCUT2D eigenvalue weighted by Crippen LogP contribution is 2.41. The molecule has 0 spiro atoms. The number of methoxy groups -OCH3 is 1. The molecule has 3 fully saturated rings. The van der Waals surface area contributed by atoms with Gasteiger partial charge in [0.1, 0.15) is 23.4 Å². The van der Waals surface area contributed by atoms with Crippen LogP contribution in [0.15, 0.2) is 5.16 Å². The van der Waals surface area contributed by atoms with E-state index in [1.807, 2.05) is 25.9 Å². The standard InChI is InChI=1S/C37H68N2O13/c1-14-25-37(10,45)30(42)20(4)26(38-46)18(2)16-35(8,44)31(52-34-27(40)24(39(11)12)15-19(3)49-34)21(5)28(22(6)32(43)50-25)51-33-23(7)29(41)36(9,47-13)17-48-33/h18-25,27-31,33-34,40-42,44-46H,14-17H2,1-13H3/b38-26-/t18-,19+,20?,21?,22+,23-,24-,25?,27+,28?,29-,30?,31?,33?,34?,35+,36+,37?/m1/s1. The first-order valence-electron chi connectivity index (χ1n) is 18.7. The first-order chi connectivity index (χ1) is 24.0. The molecule has 0 saturated carbocycles. The molecule has 0 aliphatic carbocycles. The van der Waals surface area contributed by atoms with Gasteiger partial charge < -0.3 is 64.1 Å². The zero-order chi connectivity index (χ0) is 39.7. The molecule has 3 rings (SSSR count). The molecule has 52 heavy (non-hydrogen) atoms. The van der Waals surface area contributed by atoms with Crippen LogP contribution >= 0.6 is 0 Å². The van der Waals surface area contributed by atoms with Crippen molar-refractivity contribution in [3.63, 3.8) is 0 Å². The van der Waals surface area contributed by atoms with Crippen LogP contribution in [0.2, 0.25) is 0 Å². The number of carbonyl (C=O) groups is 1. The van der Waals surface area contributed by atoms with Crippen molar-refractivity contribution in [2.45, 2.75) is 167 Å². The maximum Gasteiger partial charge on any atom is 0.311 e. The van der Waals surface area contributed by atoms with E-state index in [1.54, 1.807) is 55.4 Å². The molecule has 6 N–H and O–H groups in total. The Balaban J connectivity index is 2.20. The molecule has 0 aromatic heterocycles. The van der Waals surface area contributed by atoms with Crippen LogP contribution in [0, 0.1) is 29.6 Å². The summed E-state index contributed by atoms with van der Waals surface area (Å²) >= 11 is 0. The minimum Gasteiger partial charge on any atom is -0.459 e. The van der Waals surface area contributed by atoms with Crippen LogP contribution in [0.4, 0.5) is 0 Å². The third-order valence-corrected chi connectivity index (χ3v) is 12.0. The molecule has 9 unspecified atom stereocenters. The summed E-state index contributed by atoms with van der Waals surface area (Å²) in [6.45, 7) is 16.6. The topological polar surface area (TPSA) is 209 Å². The number of aliphatic hydroxyl groups is 5. The molecule has 0 aromatic rings. The van der Waals surface area contributed by atoms with Gasteiger partial charge in [-0.3, -0.25) is 4.79 Å². The summed E-state index contributed by atoms with van der Waals surface area (Å²) in [5, 5.41) is 72.1. The van der Waals surface area contributed by atoms with E-state index < -0.39 is 102 Å². The highest BCUT2D eigenvalue weighted by atomic mass is 16.7. The average Bonchev–Trinajstić information content (AvgIpc) is 3.07. The molecule has 3 aliphatic rings. The second-order valence-electron chi connectivity index (χ2n) is 16.7. The lowest BCUT2D eigenvalue weighted by Crippen LogP contribution is -2.61. The monoisotopic (exact) mass is 748 g/mol. The number of esters is 1. The minimum absolute atomic E-state index is 0.0131. The van der Waals surface area contributed by atoms with Gasteiger partial charge in [0.15, 0.2) is 12.6 Å². The lowest BCUT2D eigenvalue weighted by Gasteiger charge is -2.49. The lowest BCUT2D eigenvalue weighted by atomic mass is 9.73. The predicted molar refractivity (Wildman–Crippen MR) is 190 cm³/mol. The minimum atomic E-state index is -1.97. The van der Waals surface area contributed by atoms with Gasteiger partial charge >= 0.3 is 5.97 Å². The Hall–Kier alpha value is -1.50. The fourth-order valence-electron chi connectivity index (χ4n) is 8.53. The molecular weight excluding hydrogens is 680 g/mol. The molecule has 3 aliphatic heterocycles. The Morgan fingerprint density at radius 1 is 0.923 bits per heavy atom. The first-order valence-corrected chi connectivity index (χ1v) is 18.7. The number of carbonyl (C=O) groups excluding carboxylic acids is 1. The molecule has 3 heterocycles. The summed E-state index contributed by atoms with van der Waals surface area (Å²) in [5.74, 6) is -4.90. The van der Waals surface area contributed by atoms with E-state index in [0.717, 1.165) is 0 Å². The summed E-state index contributed by atoms with van der Waals surface area (Å²) in [4.78, 5) is 16.0. The Kier molecular flexibility index (Phi) is 15.1. The van der Waals surface area contributed by atoms with Crippen molar-refractivity contribution in [3.05, 3.63) is 0 Å². The Morgan fingerprint density at radius 3 is 2.08 bits per heavy atom. The van der Waals surface area contributed by atoms with Gasteiger partial charge in [0.2, 0.25) is 0 Å². The summed E-state index contributed by atoms with van der Waals surface area (Å²) in [6.07, 6.45) is -9.02. The number of hydrogen-bond acceptors (Lipinski definition) is 15. The second-order valence-corrected chi connectivity index (χ2v) is 16.7. The van der Waals surface area contributed by atoms with E-state index in [0.29, 0.717) is 6.42 Å². The van der Waals surface area contributed by atoms with Gasteiger partial charge in [0, 0.05) is 36.8 Å². The highest BCUT2D eigenvalue weighted by Gasteiger charge is 2.53. The molecule has 15 nitrogen and oxygen atoms in total. The van der Waals surface area contributed by atoms with Crippen molar-refractivity contribution >= 4 is 11.7 Å². The van der Waals surface area contributed by atoms with Crippen molar-refractivity contribution in [1.82, 2.24) is 4.90 Å².